The first-order chi connectivity index (χ1) is 12.6. The molecule has 0 radical (unpaired) electrons. The summed E-state index contributed by atoms with van der Waals surface area (Å²) >= 11 is 11.9. The van der Waals surface area contributed by atoms with Gasteiger partial charge in [-0.15, -0.1) is 0 Å². The molecule has 0 aromatic heterocycles. The molecule has 1 aromatic carbocycles. The van der Waals surface area contributed by atoms with E-state index in [4.69, 9.17) is 27.9 Å². The Balaban J connectivity index is 2.72. The summed E-state index contributed by atoms with van der Waals surface area (Å²) in [5.74, 6) is -1.14. The number of halogens is 2. The first-order valence-electron chi connectivity index (χ1n) is 8.79. The van der Waals surface area contributed by atoms with Crippen LogP contribution in [0, 0.1) is 11.8 Å². The summed E-state index contributed by atoms with van der Waals surface area (Å²) in [7, 11) is 0. The summed E-state index contributed by atoms with van der Waals surface area (Å²) < 4.78 is 5.07. The molecule has 0 spiro atoms. The summed E-state index contributed by atoms with van der Waals surface area (Å²) in [4.78, 5) is 36.5. The van der Waals surface area contributed by atoms with Crippen molar-refractivity contribution in [3.63, 3.8) is 0 Å². The molecule has 27 heavy (non-hydrogen) atoms. The van der Waals surface area contributed by atoms with Gasteiger partial charge in [-0.25, -0.2) is 4.79 Å². The number of rotatable bonds is 9. The molecule has 1 aromatic rings. The number of hydrogen-bond donors (Lipinski definition) is 2. The largest absolute Gasteiger partial charge is 0.454 e. The molecular weight excluding hydrogens is 391 g/mol. The van der Waals surface area contributed by atoms with Crippen molar-refractivity contribution in [1.29, 1.82) is 0 Å². The molecule has 1 unspecified atom stereocenters. The second kappa shape index (κ2) is 11.1. The van der Waals surface area contributed by atoms with E-state index in [1.165, 1.54) is 18.2 Å². The fraction of sp³-hybridized carbons (Fsp3) is 0.526. The highest BCUT2D eigenvalue weighted by Crippen LogP contribution is 2.21. The lowest BCUT2D eigenvalue weighted by Crippen LogP contribution is -2.44. The molecule has 6 nitrogen and oxygen atoms in total. The van der Waals surface area contributed by atoms with Gasteiger partial charge in [0.2, 0.25) is 0 Å². The highest BCUT2D eigenvalue weighted by Gasteiger charge is 2.25. The van der Waals surface area contributed by atoms with Crippen molar-refractivity contribution in [2.24, 2.45) is 11.8 Å². The first-order valence-corrected chi connectivity index (χ1v) is 9.55. The Morgan fingerprint density at radius 1 is 1.07 bits per heavy atom. The molecule has 0 aliphatic heterocycles. The highest BCUT2D eigenvalue weighted by molar-refractivity contribution is 6.36. The Morgan fingerprint density at radius 3 is 2.30 bits per heavy atom. The van der Waals surface area contributed by atoms with Crippen molar-refractivity contribution < 1.29 is 19.1 Å². The smallest absolute Gasteiger partial charge is 0.329 e. The van der Waals surface area contributed by atoms with Crippen molar-refractivity contribution in [3.8, 4) is 0 Å². The van der Waals surface area contributed by atoms with Gasteiger partial charge in [-0.3, -0.25) is 9.59 Å². The Morgan fingerprint density at radius 2 is 1.74 bits per heavy atom. The molecule has 0 bridgehead atoms. The molecule has 2 amide bonds. The van der Waals surface area contributed by atoms with Gasteiger partial charge in [-0.1, -0.05) is 50.9 Å². The van der Waals surface area contributed by atoms with E-state index in [1.54, 1.807) is 0 Å². The number of hydrogen-bond acceptors (Lipinski definition) is 4. The molecular formula is C19H26Cl2N2O4. The van der Waals surface area contributed by atoms with Crippen LogP contribution in [0.15, 0.2) is 18.2 Å². The maximum Gasteiger partial charge on any atom is 0.329 e. The van der Waals surface area contributed by atoms with Crippen LogP contribution >= 0.6 is 23.2 Å². The number of carbonyl (C=O) groups excluding carboxylic acids is 3. The first kappa shape index (κ1) is 23.2. The Bertz CT molecular complexity index is 678. The average molecular weight is 417 g/mol. The van der Waals surface area contributed by atoms with Crippen LogP contribution in [0.3, 0.4) is 0 Å². The van der Waals surface area contributed by atoms with Gasteiger partial charge in [-0.05, 0) is 36.5 Å². The van der Waals surface area contributed by atoms with E-state index < -0.39 is 24.5 Å². The van der Waals surface area contributed by atoms with Gasteiger partial charge in [0.05, 0.1) is 10.6 Å². The molecule has 0 aliphatic carbocycles. The van der Waals surface area contributed by atoms with E-state index in [0.717, 1.165) is 0 Å². The quantitative estimate of drug-likeness (QED) is 0.603. The summed E-state index contributed by atoms with van der Waals surface area (Å²) in [6.45, 7) is 7.86. The van der Waals surface area contributed by atoms with Crippen LogP contribution in [0.1, 0.15) is 44.5 Å². The van der Waals surface area contributed by atoms with Gasteiger partial charge < -0.3 is 15.4 Å². The second-order valence-electron chi connectivity index (χ2n) is 7.09. The molecule has 1 atom stereocenters. The minimum absolute atomic E-state index is 0.123. The molecule has 0 saturated carbocycles. The number of nitrogens with one attached hydrogen (secondary N) is 2. The number of carbonyl (C=O) groups is 3. The fourth-order valence-corrected chi connectivity index (χ4v) is 2.70. The van der Waals surface area contributed by atoms with E-state index in [2.05, 4.69) is 10.6 Å². The van der Waals surface area contributed by atoms with Gasteiger partial charge in [0, 0.05) is 11.6 Å². The lowest BCUT2D eigenvalue weighted by molar-refractivity contribution is -0.150. The number of benzene rings is 1. The minimum atomic E-state index is -0.887. The molecule has 2 N–H and O–H groups in total. The van der Waals surface area contributed by atoms with Crippen molar-refractivity contribution in [2.75, 3.05) is 13.2 Å². The van der Waals surface area contributed by atoms with Gasteiger partial charge >= 0.3 is 5.97 Å². The molecule has 0 saturated heterocycles. The van der Waals surface area contributed by atoms with E-state index in [0.29, 0.717) is 23.9 Å². The molecule has 0 heterocycles. The van der Waals surface area contributed by atoms with Gasteiger partial charge in [-0.2, -0.15) is 0 Å². The molecule has 0 fully saturated rings. The molecule has 0 aliphatic rings. The predicted molar refractivity (Wildman–Crippen MR) is 106 cm³/mol. The summed E-state index contributed by atoms with van der Waals surface area (Å²) in [5, 5.41) is 5.88. The van der Waals surface area contributed by atoms with E-state index in [1.807, 2.05) is 27.7 Å². The van der Waals surface area contributed by atoms with Crippen molar-refractivity contribution in [1.82, 2.24) is 10.6 Å². The Hall–Kier alpha value is -1.79. The van der Waals surface area contributed by atoms with Crippen molar-refractivity contribution in [3.05, 3.63) is 33.8 Å². The number of amides is 2. The maximum atomic E-state index is 12.5. The Labute approximate surface area is 169 Å². The summed E-state index contributed by atoms with van der Waals surface area (Å²) in [6, 6.07) is 3.59. The maximum absolute atomic E-state index is 12.5. The van der Waals surface area contributed by atoms with E-state index >= 15 is 0 Å². The zero-order valence-electron chi connectivity index (χ0n) is 16.0. The van der Waals surface area contributed by atoms with Crippen molar-refractivity contribution in [2.45, 2.75) is 40.2 Å². The average Bonchev–Trinajstić information content (AvgIpc) is 2.56. The van der Waals surface area contributed by atoms with E-state index in [9.17, 15) is 14.4 Å². The monoisotopic (exact) mass is 416 g/mol. The fourth-order valence-electron chi connectivity index (χ4n) is 2.20. The van der Waals surface area contributed by atoms with Crippen LogP contribution in [-0.2, 0) is 14.3 Å². The molecule has 150 valence electrons. The SMILES string of the molecule is CC(C)CNC(=O)COC(=O)C(CC(C)C)NC(=O)c1ccc(Cl)cc1Cl. The minimum Gasteiger partial charge on any atom is -0.454 e. The number of ether oxygens (including phenoxy) is 1. The van der Waals surface area contributed by atoms with Gasteiger partial charge in [0.15, 0.2) is 6.61 Å². The van der Waals surface area contributed by atoms with Crippen LogP contribution in [0.5, 0.6) is 0 Å². The second-order valence-corrected chi connectivity index (χ2v) is 7.93. The topological polar surface area (TPSA) is 84.5 Å². The third kappa shape index (κ3) is 8.63. The van der Waals surface area contributed by atoms with Crippen LogP contribution in [-0.4, -0.2) is 37.0 Å². The zero-order valence-corrected chi connectivity index (χ0v) is 17.5. The predicted octanol–water partition coefficient (Wildman–Crippen LogP) is 3.45. The summed E-state index contributed by atoms with van der Waals surface area (Å²) in [6.07, 6.45) is 0.364. The van der Waals surface area contributed by atoms with Crippen LogP contribution in [0.2, 0.25) is 10.0 Å². The lowest BCUT2D eigenvalue weighted by Gasteiger charge is -2.20. The van der Waals surface area contributed by atoms with Crippen LogP contribution < -0.4 is 10.6 Å². The lowest BCUT2D eigenvalue weighted by atomic mass is 10.0. The van der Waals surface area contributed by atoms with Gasteiger partial charge in [0.1, 0.15) is 6.04 Å². The standard InChI is InChI=1S/C19H26Cl2N2O4/c1-11(2)7-16(19(26)27-10-17(24)22-9-12(3)4)23-18(25)14-6-5-13(20)8-15(14)21/h5-6,8,11-12,16H,7,9-10H2,1-4H3,(H,22,24)(H,23,25). The Kier molecular flexibility index (Phi) is 9.60. The normalized spacial score (nSPS) is 12.0. The molecule has 1 rings (SSSR count). The highest BCUT2D eigenvalue weighted by atomic mass is 35.5. The van der Waals surface area contributed by atoms with Crippen molar-refractivity contribution >= 4 is 41.0 Å². The third-order valence-corrected chi connectivity index (χ3v) is 4.07. The summed E-state index contributed by atoms with van der Waals surface area (Å²) in [5.41, 5.74) is 0.206. The van der Waals surface area contributed by atoms with E-state index in [-0.39, 0.29) is 22.4 Å². The third-order valence-electron chi connectivity index (χ3n) is 3.53. The zero-order chi connectivity index (χ0) is 20.6. The van der Waals surface area contributed by atoms with Gasteiger partial charge in [0.25, 0.3) is 11.8 Å². The molecule has 8 heteroatoms. The van der Waals surface area contributed by atoms with Crippen LogP contribution in [0.25, 0.3) is 0 Å². The van der Waals surface area contributed by atoms with Crippen LogP contribution in [0.4, 0.5) is 0 Å². The number of esters is 1.